The molecule has 2 aromatic rings. The van der Waals surface area contributed by atoms with Gasteiger partial charge in [0.25, 0.3) is 11.5 Å². The zero-order valence-electron chi connectivity index (χ0n) is 16.5. The number of carbonyl (C=O) groups excluding carboxylic acids is 1. The van der Waals surface area contributed by atoms with E-state index in [0.717, 1.165) is 12.8 Å². The molecular weight excluding hydrogens is 356 g/mol. The van der Waals surface area contributed by atoms with Gasteiger partial charge in [0.2, 0.25) is 0 Å². The molecule has 1 spiro atoms. The fourth-order valence-electron chi connectivity index (χ4n) is 4.60. The number of amides is 1. The van der Waals surface area contributed by atoms with Gasteiger partial charge in [0.15, 0.2) is 0 Å². The maximum atomic E-state index is 13.1. The number of aliphatic hydroxyl groups is 1. The Kier molecular flexibility index (Phi) is 5.02. The van der Waals surface area contributed by atoms with E-state index in [2.05, 4.69) is 18.8 Å². The molecule has 1 amide bonds. The maximum Gasteiger partial charge on any atom is 0.255 e. The van der Waals surface area contributed by atoms with Crippen LogP contribution in [-0.2, 0) is 4.74 Å². The van der Waals surface area contributed by atoms with Gasteiger partial charge in [-0.25, -0.2) is 0 Å². The molecule has 1 aromatic heterocycles. The number of aliphatic hydroxyl groups excluding tert-OH is 1. The first-order valence-electron chi connectivity index (χ1n) is 10.1. The Labute approximate surface area is 164 Å². The second kappa shape index (κ2) is 7.33. The first-order valence-corrected chi connectivity index (χ1v) is 10.1. The van der Waals surface area contributed by atoms with E-state index in [1.807, 2.05) is 17.0 Å². The average molecular weight is 384 g/mol. The summed E-state index contributed by atoms with van der Waals surface area (Å²) in [6.07, 6.45) is 4.01. The van der Waals surface area contributed by atoms with Crippen molar-refractivity contribution >= 4 is 16.7 Å². The van der Waals surface area contributed by atoms with Gasteiger partial charge in [0, 0.05) is 36.5 Å². The lowest BCUT2D eigenvalue weighted by molar-refractivity contribution is -0.190. The molecule has 0 bridgehead atoms. The van der Waals surface area contributed by atoms with Crippen molar-refractivity contribution in [3.63, 3.8) is 0 Å². The molecule has 28 heavy (non-hydrogen) atoms. The Balaban J connectivity index is 1.52. The van der Waals surface area contributed by atoms with Crippen LogP contribution in [0.2, 0.25) is 0 Å². The van der Waals surface area contributed by atoms with E-state index in [1.54, 1.807) is 12.1 Å². The summed E-state index contributed by atoms with van der Waals surface area (Å²) < 4.78 is 6.42. The minimum Gasteiger partial charge on any atom is -0.393 e. The molecule has 2 saturated heterocycles. The van der Waals surface area contributed by atoms with Crippen molar-refractivity contribution in [2.45, 2.75) is 57.3 Å². The van der Waals surface area contributed by atoms with E-state index >= 15 is 0 Å². The molecule has 6 nitrogen and oxygen atoms in total. The predicted octanol–water partition coefficient (Wildman–Crippen LogP) is 2.70. The Morgan fingerprint density at radius 3 is 2.61 bits per heavy atom. The molecule has 3 heterocycles. The number of piperidine rings is 1. The lowest BCUT2D eigenvalue weighted by Crippen LogP contribution is -2.54. The van der Waals surface area contributed by atoms with Gasteiger partial charge in [0.05, 0.1) is 23.4 Å². The van der Waals surface area contributed by atoms with E-state index in [4.69, 9.17) is 4.74 Å². The molecule has 2 aliphatic heterocycles. The lowest BCUT2D eigenvalue weighted by atomic mass is 9.80. The van der Waals surface area contributed by atoms with Gasteiger partial charge >= 0.3 is 0 Å². The lowest BCUT2D eigenvalue weighted by Gasteiger charge is -2.48. The van der Waals surface area contributed by atoms with Gasteiger partial charge in [-0.15, -0.1) is 0 Å². The molecular formula is C22H28N2O4. The number of aromatic nitrogens is 1. The molecule has 2 N–H and O–H groups in total. The van der Waals surface area contributed by atoms with Crippen LogP contribution >= 0.6 is 0 Å². The fraction of sp³-hybridized carbons (Fsp3) is 0.545. The highest BCUT2D eigenvalue weighted by molar-refractivity contribution is 6.06. The number of likely N-dealkylation sites (tertiary alicyclic amines) is 1. The molecule has 2 atom stereocenters. The van der Waals surface area contributed by atoms with Crippen molar-refractivity contribution in [2.75, 3.05) is 13.1 Å². The number of ether oxygens (including phenoxy) is 1. The molecule has 2 aliphatic rings. The van der Waals surface area contributed by atoms with Crippen molar-refractivity contribution < 1.29 is 14.6 Å². The van der Waals surface area contributed by atoms with Gasteiger partial charge in [-0.05, 0) is 31.2 Å². The van der Waals surface area contributed by atoms with Crippen molar-refractivity contribution in [1.82, 2.24) is 9.88 Å². The summed E-state index contributed by atoms with van der Waals surface area (Å²) in [4.78, 5) is 29.7. The monoisotopic (exact) mass is 384 g/mol. The highest BCUT2D eigenvalue weighted by atomic mass is 16.5. The van der Waals surface area contributed by atoms with Gasteiger partial charge in [-0.2, -0.15) is 0 Å². The zero-order valence-corrected chi connectivity index (χ0v) is 16.5. The summed E-state index contributed by atoms with van der Waals surface area (Å²) in [6.45, 7) is 5.42. The zero-order chi connectivity index (χ0) is 19.9. The number of pyridine rings is 1. The molecule has 0 radical (unpaired) electrons. The summed E-state index contributed by atoms with van der Waals surface area (Å²) >= 11 is 0. The first-order chi connectivity index (χ1) is 13.4. The number of hydrogen-bond acceptors (Lipinski definition) is 4. The summed E-state index contributed by atoms with van der Waals surface area (Å²) in [5.74, 6) is 0.290. The van der Waals surface area contributed by atoms with Gasteiger partial charge in [-0.3, -0.25) is 9.59 Å². The molecule has 0 aliphatic carbocycles. The molecule has 6 heteroatoms. The quantitative estimate of drug-likeness (QED) is 0.834. The highest BCUT2D eigenvalue weighted by Gasteiger charge is 2.44. The number of rotatable bonds is 2. The first kappa shape index (κ1) is 19.2. The van der Waals surface area contributed by atoms with Gasteiger partial charge in [-0.1, -0.05) is 32.0 Å². The van der Waals surface area contributed by atoms with E-state index in [1.165, 1.54) is 6.20 Å². The molecule has 0 saturated carbocycles. The van der Waals surface area contributed by atoms with Crippen LogP contribution in [0.5, 0.6) is 0 Å². The second-order valence-corrected chi connectivity index (χ2v) is 8.55. The van der Waals surface area contributed by atoms with Crippen LogP contribution in [0.1, 0.15) is 49.9 Å². The number of H-pyrrole nitrogens is 1. The third-order valence-electron chi connectivity index (χ3n) is 6.26. The summed E-state index contributed by atoms with van der Waals surface area (Å²) in [7, 11) is 0. The number of hydrogen-bond donors (Lipinski definition) is 2. The number of nitrogens with one attached hydrogen (secondary N) is 1. The number of carbonyl (C=O) groups is 1. The van der Waals surface area contributed by atoms with E-state index < -0.39 is 0 Å². The minimum atomic E-state index is -0.341. The SMILES string of the molecule is CC(C)[C@H]1C[C@@H](O)CC2(CCN(C(=O)c3c[nH]c(=O)c4ccccc34)CC2)O1. The van der Waals surface area contributed by atoms with Crippen LogP contribution in [0, 0.1) is 5.92 Å². The molecule has 4 rings (SSSR count). The Morgan fingerprint density at radius 1 is 1.25 bits per heavy atom. The third kappa shape index (κ3) is 3.47. The number of aromatic amines is 1. The number of fused-ring (bicyclic) bond motifs is 1. The summed E-state index contributed by atoms with van der Waals surface area (Å²) in [5, 5.41) is 11.6. The predicted molar refractivity (Wildman–Crippen MR) is 107 cm³/mol. The van der Waals surface area contributed by atoms with Crippen molar-refractivity contribution in [1.29, 1.82) is 0 Å². The van der Waals surface area contributed by atoms with Crippen LogP contribution in [0.25, 0.3) is 10.8 Å². The Morgan fingerprint density at radius 2 is 1.93 bits per heavy atom. The van der Waals surface area contributed by atoms with Gasteiger partial charge in [0.1, 0.15) is 0 Å². The molecule has 1 aromatic carbocycles. The van der Waals surface area contributed by atoms with Crippen LogP contribution in [0.3, 0.4) is 0 Å². The van der Waals surface area contributed by atoms with Crippen LogP contribution in [0.15, 0.2) is 35.3 Å². The minimum absolute atomic E-state index is 0.0640. The average Bonchev–Trinajstić information content (AvgIpc) is 2.68. The summed E-state index contributed by atoms with van der Waals surface area (Å²) in [5.41, 5.74) is 0.000991. The molecule has 0 unspecified atom stereocenters. The summed E-state index contributed by atoms with van der Waals surface area (Å²) in [6, 6.07) is 7.19. The Bertz CT molecular complexity index is 928. The van der Waals surface area contributed by atoms with Crippen molar-refractivity contribution in [3.05, 3.63) is 46.4 Å². The maximum absolute atomic E-state index is 13.1. The largest absolute Gasteiger partial charge is 0.393 e. The smallest absolute Gasteiger partial charge is 0.255 e. The van der Waals surface area contributed by atoms with Crippen molar-refractivity contribution in [3.8, 4) is 0 Å². The Hall–Kier alpha value is -2.18. The van der Waals surface area contributed by atoms with Crippen LogP contribution in [0.4, 0.5) is 0 Å². The van der Waals surface area contributed by atoms with Crippen LogP contribution in [-0.4, -0.2) is 51.8 Å². The van der Waals surface area contributed by atoms with Gasteiger partial charge < -0.3 is 19.7 Å². The normalized spacial score (nSPS) is 24.8. The fourth-order valence-corrected chi connectivity index (χ4v) is 4.60. The van der Waals surface area contributed by atoms with Crippen LogP contribution < -0.4 is 5.56 Å². The van der Waals surface area contributed by atoms with Crippen molar-refractivity contribution in [2.24, 2.45) is 5.92 Å². The van der Waals surface area contributed by atoms with E-state index in [-0.39, 0.29) is 29.3 Å². The molecule has 150 valence electrons. The van der Waals surface area contributed by atoms with E-state index in [9.17, 15) is 14.7 Å². The van der Waals surface area contributed by atoms with E-state index in [0.29, 0.717) is 48.2 Å². The third-order valence-corrected chi connectivity index (χ3v) is 6.26. The molecule has 2 fully saturated rings. The number of nitrogens with zero attached hydrogens (tertiary/aromatic N) is 1. The standard InChI is InChI=1S/C22H28N2O4/c1-14(2)19-11-15(25)12-22(28-19)7-9-24(10-8-22)21(27)18-13-23-20(26)17-6-4-3-5-16(17)18/h3-6,13-15,19,25H,7-12H2,1-2H3,(H,23,26)/t15-,19-/m1/s1. The number of benzene rings is 1. The topological polar surface area (TPSA) is 82.6 Å². The second-order valence-electron chi connectivity index (χ2n) is 8.55. The highest BCUT2D eigenvalue weighted by Crippen LogP contribution is 2.39.